The molecule has 0 fully saturated rings. The van der Waals surface area contributed by atoms with Crippen LogP contribution in [0.25, 0.3) is 0 Å². The summed E-state index contributed by atoms with van der Waals surface area (Å²) in [5, 5.41) is 0. The van der Waals surface area contributed by atoms with E-state index in [9.17, 15) is 8.42 Å². The molecular weight excluding hydrogens is 174 g/mol. The van der Waals surface area contributed by atoms with Crippen molar-refractivity contribution in [1.82, 2.24) is 0 Å². The summed E-state index contributed by atoms with van der Waals surface area (Å²) in [6.07, 6.45) is 0. The van der Waals surface area contributed by atoms with Gasteiger partial charge in [-0.25, -0.2) is 8.42 Å². The number of rotatable bonds is 2. The highest BCUT2D eigenvalue weighted by Gasteiger charge is 1.96. The molecule has 0 aromatic heterocycles. The zero-order valence-corrected chi connectivity index (χ0v) is 7.89. The van der Waals surface area contributed by atoms with Gasteiger partial charge >= 0.3 is 0 Å². The molecule has 0 bridgehead atoms. The van der Waals surface area contributed by atoms with Crippen LogP contribution in [0.2, 0.25) is 0 Å². The van der Waals surface area contributed by atoms with Crippen molar-refractivity contribution in [1.29, 1.82) is 0 Å². The zero-order chi connectivity index (χ0) is 9.14. The predicted molar refractivity (Wildman–Crippen MR) is 49.9 cm³/mol. The third-order valence-corrected chi connectivity index (χ3v) is 2.02. The molecule has 1 rings (SSSR count). The Balaban J connectivity index is 3.01. The molecule has 0 radical (unpaired) electrons. The second kappa shape index (κ2) is 3.58. The van der Waals surface area contributed by atoms with E-state index in [1.54, 1.807) is 6.07 Å². The Morgan fingerprint density at radius 1 is 1.25 bits per heavy atom. The van der Waals surface area contributed by atoms with E-state index in [1.165, 1.54) is 0 Å². The smallest absolute Gasteiger partial charge is 0.222 e. The van der Waals surface area contributed by atoms with Crippen LogP contribution < -0.4 is 4.72 Å². The number of aryl methyl sites for hydroxylation is 2. The quantitative estimate of drug-likeness (QED) is 0.681. The second-order valence-corrected chi connectivity index (χ2v) is 3.43. The van der Waals surface area contributed by atoms with Crippen LogP contribution >= 0.6 is 0 Å². The first-order valence-electron chi connectivity index (χ1n) is 3.58. The molecule has 1 aromatic rings. The van der Waals surface area contributed by atoms with Gasteiger partial charge in [-0.2, -0.15) is 0 Å². The summed E-state index contributed by atoms with van der Waals surface area (Å²) in [7, 11) is -2.55. The van der Waals surface area contributed by atoms with E-state index in [1.807, 2.05) is 26.0 Å². The minimum atomic E-state index is -2.55. The number of anilines is 1. The monoisotopic (exact) mass is 185 g/mol. The van der Waals surface area contributed by atoms with Crippen molar-refractivity contribution in [3.63, 3.8) is 0 Å². The highest BCUT2D eigenvalue weighted by Crippen LogP contribution is 2.15. The summed E-state index contributed by atoms with van der Waals surface area (Å²) >= 11 is 0. The molecule has 66 valence electrons. The lowest BCUT2D eigenvalue weighted by molar-refractivity contribution is 0.619. The molecule has 0 saturated carbocycles. The summed E-state index contributed by atoms with van der Waals surface area (Å²) in [4.78, 5) is 0. The summed E-state index contributed by atoms with van der Waals surface area (Å²) < 4.78 is 23.0. The van der Waals surface area contributed by atoms with E-state index < -0.39 is 10.9 Å². The third kappa shape index (κ3) is 2.23. The highest BCUT2D eigenvalue weighted by molar-refractivity contribution is 7.73. The van der Waals surface area contributed by atoms with Gasteiger partial charge in [-0.3, -0.25) is 4.72 Å². The van der Waals surface area contributed by atoms with E-state index >= 15 is 0 Å². The van der Waals surface area contributed by atoms with Crippen molar-refractivity contribution in [2.24, 2.45) is 0 Å². The largest absolute Gasteiger partial charge is 0.285 e. The van der Waals surface area contributed by atoms with Crippen LogP contribution in [0, 0.1) is 13.8 Å². The standard InChI is InChI=1S/C8H11NO2S/c1-6-3-4-8(7(2)5-6)9-12(10)11/h3-5,12H,1-2H3,(H,9,10,11). The average Bonchev–Trinajstić information content (AvgIpc) is 1.94. The Kier molecular flexibility index (Phi) is 2.70. The topological polar surface area (TPSA) is 46.2 Å². The molecule has 12 heavy (non-hydrogen) atoms. The fourth-order valence-electron chi connectivity index (χ4n) is 1.04. The molecule has 0 saturated heterocycles. The fourth-order valence-corrected chi connectivity index (χ4v) is 1.48. The maximum absolute atomic E-state index is 10.3. The van der Waals surface area contributed by atoms with Gasteiger partial charge in [0.15, 0.2) is 0 Å². The van der Waals surface area contributed by atoms with Gasteiger partial charge in [0.25, 0.3) is 0 Å². The number of thiol groups is 1. The van der Waals surface area contributed by atoms with Gasteiger partial charge in [-0.15, -0.1) is 0 Å². The fraction of sp³-hybridized carbons (Fsp3) is 0.250. The van der Waals surface area contributed by atoms with E-state index in [0.717, 1.165) is 11.1 Å². The molecule has 1 aromatic carbocycles. The maximum Gasteiger partial charge on any atom is 0.222 e. The average molecular weight is 185 g/mol. The summed E-state index contributed by atoms with van der Waals surface area (Å²) in [5.41, 5.74) is 2.71. The normalized spacial score (nSPS) is 10.2. The molecule has 3 nitrogen and oxygen atoms in total. The van der Waals surface area contributed by atoms with Crippen LogP contribution in [-0.2, 0) is 10.9 Å². The van der Waals surface area contributed by atoms with Gasteiger partial charge in [-0.05, 0) is 25.5 Å². The van der Waals surface area contributed by atoms with Gasteiger partial charge in [-0.1, -0.05) is 17.7 Å². The maximum atomic E-state index is 10.3. The third-order valence-electron chi connectivity index (χ3n) is 1.59. The van der Waals surface area contributed by atoms with Gasteiger partial charge in [0.05, 0.1) is 5.69 Å². The molecule has 0 aliphatic carbocycles. The van der Waals surface area contributed by atoms with Crippen LogP contribution in [0.5, 0.6) is 0 Å². The Hall–Kier alpha value is -1.03. The minimum absolute atomic E-state index is 0.650. The SMILES string of the molecule is Cc1ccc(N[SH](=O)=O)c(C)c1. The van der Waals surface area contributed by atoms with Crippen molar-refractivity contribution in [3.8, 4) is 0 Å². The summed E-state index contributed by atoms with van der Waals surface area (Å²) in [5.74, 6) is 0. The van der Waals surface area contributed by atoms with Crippen LogP contribution in [0.1, 0.15) is 11.1 Å². The number of benzene rings is 1. The molecule has 4 heteroatoms. The highest BCUT2D eigenvalue weighted by atomic mass is 32.2. The van der Waals surface area contributed by atoms with Crippen molar-refractivity contribution in [2.75, 3.05) is 4.72 Å². The van der Waals surface area contributed by atoms with E-state index in [0.29, 0.717) is 5.69 Å². The first kappa shape index (κ1) is 9.06. The lowest BCUT2D eigenvalue weighted by Gasteiger charge is -2.03. The molecule has 0 aliphatic rings. The van der Waals surface area contributed by atoms with Gasteiger partial charge in [0.2, 0.25) is 10.9 Å². The van der Waals surface area contributed by atoms with E-state index in [2.05, 4.69) is 4.72 Å². The summed E-state index contributed by atoms with van der Waals surface area (Å²) in [6.45, 7) is 3.84. The molecule has 0 atom stereocenters. The first-order valence-corrected chi connectivity index (χ1v) is 4.75. The van der Waals surface area contributed by atoms with Crippen LogP contribution in [0.3, 0.4) is 0 Å². The molecule has 0 spiro atoms. The van der Waals surface area contributed by atoms with Crippen molar-refractivity contribution >= 4 is 16.6 Å². The van der Waals surface area contributed by atoms with Crippen molar-refractivity contribution < 1.29 is 8.42 Å². The Labute approximate surface area is 73.5 Å². The van der Waals surface area contributed by atoms with E-state index in [4.69, 9.17) is 0 Å². The Bertz CT molecular complexity index is 350. The van der Waals surface area contributed by atoms with Crippen molar-refractivity contribution in [2.45, 2.75) is 13.8 Å². The lowest BCUT2D eigenvalue weighted by atomic mass is 10.1. The van der Waals surface area contributed by atoms with Gasteiger partial charge < -0.3 is 0 Å². The van der Waals surface area contributed by atoms with Gasteiger partial charge in [0.1, 0.15) is 0 Å². The van der Waals surface area contributed by atoms with Crippen LogP contribution in [-0.4, -0.2) is 8.42 Å². The molecule has 0 amide bonds. The lowest BCUT2D eigenvalue weighted by Crippen LogP contribution is -1.97. The van der Waals surface area contributed by atoms with E-state index in [-0.39, 0.29) is 0 Å². The Morgan fingerprint density at radius 3 is 2.42 bits per heavy atom. The molecule has 0 aliphatic heterocycles. The minimum Gasteiger partial charge on any atom is -0.285 e. The molecule has 0 unspecified atom stereocenters. The molecular formula is C8H11NO2S. The Morgan fingerprint density at radius 2 is 1.92 bits per heavy atom. The summed E-state index contributed by atoms with van der Waals surface area (Å²) in [6, 6.07) is 5.56. The predicted octanol–water partition coefficient (Wildman–Crippen LogP) is 1.24. The number of hydrogen-bond acceptors (Lipinski definition) is 2. The first-order chi connectivity index (χ1) is 5.59. The van der Waals surface area contributed by atoms with Gasteiger partial charge in [0, 0.05) is 0 Å². The second-order valence-electron chi connectivity index (χ2n) is 2.69. The number of nitrogens with one attached hydrogen (secondary N) is 1. The molecule has 1 N–H and O–H groups in total. The number of hydrogen-bond donors (Lipinski definition) is 2. The van der Waals surface area contributed by atoms with Crippen molar-refractivity contribution in [3.05, 3.63) is 29.3 Å². The molecule has 0 heterocycles. The zero-order valence-electron chi connectivity index (χ0n) is 7.00. The van der Waals surface area contributed by atoms with Crippen LogP contribution in [0.15, 0.2) is 18.2 Å². The van der Waals surface area contributed by atoms with Crippen LogP contribution in [0.4, 0.5) is 5.69 Å².